The monoisotopic (exact) mass is 345 g/mol. The molecule has 0 saturated heterocycles. The van der Waals surface area contributed by atoms with Gasteiger partial charge in [0, 0.05) is 24.3 Å². The molecule has 0 bridgehead atoms. The van der Waals surface area contributed by atoms with Gasteiger partial charge in [0.2, 0.25) is 0 Å². The Balaban J connectivity index is 1.50. The minimum absolute atomic E-state index is 0.0825. The number of amides is 1. The molecule has 6 heteroatoms. The van der Waals surface area contributed by atoms with Gasteiger partial charge in [0.05, 0.1) is 11.7 Å². The zero-order chi connectivity index (χ0) is 18.1. The Morgan fingerprint density at radius 3 is 2.65 bits per heavy atom. The molecule has 1 N–H and O–H groups in total. The molecule has 0 aliphatic carbocycles. The normalized spacial score (nSPS) is 12.2. The molecule has 1 atom stereocenters. The van der Waals surface area contributed by atoms with Crippen LogP contribution in [0.4, 0.5) is 0 Å². The van der Waals surface area contributed by atoms with Crippen molar-refractivity contribution in [2.45, 2.75) is 13.0 Å². The SMILES string of the molecule is CC(NC(=O)c1ccc2ccn(C)c2c1)c1ccc(-n2cncn2)cc1. The minimum Gasteiger partial charge on any atom is -0.351 e. The lowest BCUT2D eigenvalue weighted by molar-refractivity contribution is 0.0940. The van der Waals surface area contributed by atoms with Crippen LogP contribution in [-0.2, 0) is 7.05 Å². The lowest BCUT2D eigenvalue weighted by atomic mass is 10.1. The van der Waals surface area contributed by atoms with E-state index in [2.05, 4.69) is 15.4 Å². The number of hydrogen-bond donors (Lipinski definition) is 1. The van der Waals surface area contributed by atoms with Crippen LogP contribution in [0, 0.1) is 0 Å². The third kappa shape index (κ3) is 2.97. The molecule has 4 aromatic rings. The maximum absolute atomic E-state index is 12.6. The molecular weight excluding hydrogens is 326 g/mol. The maximum Gasteiger partial charge on any atom is 0.251 e. The highest BCUT2D eigenvalue weighted by molar-refractivity contribution is 5.98. The predicted octanol–water partition coefficient (Wildman–Crippen LogP) is 3.25. The fraction of sp³-hybridized carbons (Fsp3) is 0.150. The van der Waals surface area contributed by atoms with Crippen LogP contribution in [0.1, 0.15) is 28.9 Å². The number of carbonyl (C=O) groups excluding carboxylic acids is 1. The van der Waals surface area contributed by atoms with Crippen molar-refractivity contribution < 1.29 is 4.79 Å². The zero-order valence-corrected chi connectivity index (χ0v) is 14.6. The van der Waals surface area contributed by atoms with Gasteiger partial charge in [-0.25, -0.2) is 9.67 Å². The molecule has 2 aromatic carbocycles. The van der Waals surface area contributed by atoms with Crippen molar-refractivity contribution in [1.82, 2.24) is 24.6 Å². The van der Waals surface area contributed by atoms with Crippen molar-refractivity contribution in [2.75, 3.05) is 0 Å². The Bertz CT molecular complexity index is 1050. The topological polar surface area (TPSA) is 64.7 Å². The predicted molar refractivity (Wildman–Crippen MR) is 100 cm³/mol. The number of benzene rings is 2. The molecule has 0 radical (unpaired) electrons. The summed E-state index contributed by atoms with van der Waals surface area (Å²) < 4.78 is 3.71. The standard InChI is InChI=1S/C20H19N5O/c1-14(15-5-7-18(8-6-15)25-13-21-12-22-25)23-20(26)17-4-3-16-9-10-24(2)19(16)11-17/h3-14H,1-2H3,(H,23,26). The highest BCUT2D eigenvalue weighted by Crippen LogP contribution is 2.19. The third-order valence-corrected chi connectivity index (χ3v) is 4.57. The first-order valence-electron chi connectivity index (χ1n) is 8.43. The van der Waals surface area contributed by atoms with Gasteiger partial charge in [-0.1, -0.05) is 18.2 Å². The van der Waals surface area contributed by atoms with E-state index in [4.69, 9.17) is 0 Å². The van der Waals surface area contributed by atoms with Crippen LogP contribution < -0.4 is 5.32 Å². The number of rotatable bonds is 4. The molecule has 0 aliphatic rings. The lowest BCUT2D eigenvalue weighted by Gasteiger charge is -2.15. The van der Waals surface area contributed by atoms with E-state index < -0.39 is 0 Å². The van der Waals surface area contributed by atoms with Crippen LogP contribution in [-0.4, -0.2) is 25.2 Å². The zero-order valence-electron chi connectivity index (χ0n) is 14.6. The third-order valence-electron chi connectivity index (χ3n) is 4.57. The molecule has 6 nitrogen and oxygen atoms in total. The number of hydrogen-bond acceptors (Lipinski definition) is 3. The van der Waals surface area contributed by atoms with Crippen molar-refractivity contribution in [2.24, 2.45) is 7.05 Å². The summed E-state index contributed by atoms with van der Waals surface area (Å²) in [6.07, 6.45) is 5.14. The summed E-state index contributed by atoms with van der Waals surface area (Å²) in [6, 6.07) is 15.6. The molecule has 0 fully saturated rings. The number of fused-ring (bicyclic) bond motifs is 1. The van der Waals surface area contributed by atoms with Crippen LogP contribution in [0.3, 0.4) is 0 Å². The molecule has 26 heavy (non-hydrogen) atoms. The van der Waals surface area contributed by atoms with Gasteiger partial charge in [0.1, 0.15) is 12.7 Å². The molecule has 0 saturated carbocycles. The van der Waals surface area contributed by atoms with Gasteiger partial charge in [-0.05, 0) is 48.2 Å². The van der Waals surface area contributed by atoms with E-state index in [1.165, 1.54) is 6.33 Å². The van der Waals surface area contributed by atoms with Crippen LogP contribution in [0.25, 0.3) is 16.6 Å². The summed E-state index contributed by atoms with van der Waals surface area (Å²) >= 11 is 0. The number of nitrogens with zero attached hydrogens (tertiary/aromatic N) is 4. The van der Waals surface area contributed by atoms with Crippen LogP contribution in [0.2, 0.25) is 0 Å². The van der Waals surface area contributed by atoms with E-state index in [9.17, 15) is 4.79 Å². The summed E-state index contributed by atoms with van der Waals surface area (Å²) in [5, 5.41) is 8.30. The van der Waals surface area contributed by atoms with Gasteiger partial charge in [0.25, 0.3) is 5.91 Å². The highest BCUT2D eigenvalue weighted by Gasteiger charge is 2.13. The van der Waals surface area contributed by atoms with E-state index in [1.54, 1.807) is 11.0 Å². The minimum atomic E-state index is -0.101. The van der Waals surface area contributed by atoms with Gasteiger partial charge < -0.3 is 9.88 Å². The van der Waals surface area contributed by atoms with Crippen molar-refractivity contribution in [3.63, 3.8) is 0 Å². The summed E-state index contributed by atoms with van der Waals surface area (Å²) in [4.78, 5) is 16.6. The van der Waals surface area contributed by atoms with Crippen molar-refractivity contribution in [3.05, 3.63) is 78.5 Å². The van der Waals surface area contributed by atoms with E-state index in [1.807, 2.05) is 73.3 Å². The van der Waals surface area contributed by atoms with Crippen molar-refractivity contribution in [3.8, 4) is 5.69 Å². The Kier molecular flexibility index (Phi) is 4.01. The Morgan fingerprint density at radius 2 is 1.92 bits per heavy atom. The molecule has 4 rings (SSSR count). The molecule has 2 heterocycles. The largest absolute Gasteiger partial charge is 0.351 e. The molecule has 0 spiro atoms. The quantitative estimate of drug-likeness (QED) is 0.617. The number of aryl methyl sites for hydroxylation is 1. The summed E-state index contributed by atoms with van der Waals surface area (Å²) in [7, 11) is 1.98. The van der Waals surface area contributed by atoms with Crippen molar-refractivity contribution >= 4 is 16.8 Å². The second kappa shape index (κ2) is 6.48. The first kappa shape index (κ1) is 16.1. The molecule has 2 aromatic heterocycles. The van der Waals surface area contributed by atoms with Gasteiger partial charge >= 0.3 is 0 Å². The van der Waals surface area contributed by atoms with E-state index >= 15 is 0 Å². The molecular formula is C20H19N5O. The van der Waals surface area contributed by atoms with Gasteiger partial charge in [-0.15, -0.1) is 0 Å². The van der Waals surface area contributed by atoms with Gasteiger partial charge in [-0.3, -0.25) is 4.79 Å². The Hall–Kier alpha value is -3.41. The van der Waals surface area contributed by atoms with E-state index in [0.29, 0.717) is 5.56 Å². The van der Waals surface area contributed by atoms with Gasteiger partial charge in [0.15, 0.2) is 0 Å². The number of nitrogens with one attached hydrogen (secondary N) is 1. The second-order valence-corrected chi connectivity index (χ2v) is 6.33. The summed E-state index contributed by atoms with van der Waals surface area (Å²) in [5.41, 5.74) is 3.66. The Labute approximate surface area is 151 Å². The second-order valence-electron chi connectivity index (χ2n) is 6.33. The molecule has 1 amide bonds. The highest BCUT2D eigenvalue weighted by atomic mass is 16.1. The van der Waals surface area contributed by atoms with E-state index in [0.717, 1.165) is 22.2 Å². The number of aromatic nitrogens is 4. The van der Waals surface area contributed by atoms with Crippen LogP contribution >= 0.6 is 0 Å². The van der Waals surface area contributed by atoms with Crippen LogP contribution in [0.15, 0.2) is 67.4 Å². The Morgan fingerprint density at radius 1 is 1.12 bits per heavy atom. The molecule has 130 valence electrons. The van der Waals surface area contributed by atoms with Crippen molar-refractivity contribution in [1.29, 1.82) is 0 Å². The fourth-order valence-electron chi connectivity index (χ4n) is 3.02. The smallest absolute Gasteiger partial charge is 0.251 e. The maximum atomic E-state index is 12.6. The average Bonchev–Trinajstić information content (AvgIpc) is 3.32. The van der Waals surface area contributed by atoms with E-state index in [-0.39, 0.29) is 11.9 Å². The first-order valence-corrected chi connectivity index (χ1v) is 8.43. The summed E-state index contributed by atoms with van der Waals surface area (Å²) in [6.45, 7) is 1.98. The first-order chi connectivity index (χ1) is 12.6. The number of carbonyl (C=O) groups is 1. The molecule has 0 aliphatic heterocycles. The summed E-state index contributed by atoms with van der Waals surface area (Å²) in [5.74, 6) is -0.0825. The lowest BCUT2D eigenvalue weighted by Crippen LogP contribution is -2.26. The van der Waals surface area contributed by atoms with Crippen LogP contribution in [0.5, 0.6) is 0 Å². The van der Waals surface area contributed by atoms with Gasteiger partial charge in [-0.2, -0.15) is 5.10 Å². The molecule has 1 unspecified atom stereocenters. The average molecular weight is 345 g/mol. The fourth-order valence-corrected chi connectivity index (χ4v) is 3.02.